The van der Waals surface area contributed by atoms with Gasteiger partial charge in [0.2, 0.25) is 0 Å². The Balaban J connectivity index is 2.34. The van der Waals surface area contributed by atoms with E-state index in [-0.39, 0.29) is 5.60 Å². The van der Waals surface area contributed by atoms with Gasteiger partial charge >= 0.3 is 0 Å². The van der Waals surface area contributed by atoms with Crippen LogP contribution in [0.2, 0.25) is 0 Å². The summed E-state index contributed by atoms with van der Waals surface area (Å²) in [5.74, 6) is 0. The zero-order valence-electron chi connectivity index (χ0n) is 5.72. The molecule has 0 aromatic heterocycles. The van der Waals surface area contributed by atoms with Crippen molar-refractivity contribution >= 4 is 0 Å². The smallest absolute Gasteiger partial charge is 0.179 e. The standard InChI is InChI=1S/C6H10N2O/c1-6(9-2)3-8(4-6)5-7/h3-4H2,1-2H3. The Kier molecular flexibility index (Phi) is 1.34. The lowest BCUT2D eigenvalue weighted by Crippen LogP contribution is -2.58. The first-order valence-corrected chi connectivity index (χ1v) is 2.90. The summed E-state index contributed by atoms with van der Waals surface area (Å²) in [5.41, 5.74) is -0.0598. The summed E-state index contributed by atoms with van der Waals surface area (Å²) in [6, 6.07) is 0. The largest absolute Gasteiger partial charge is 0.375 e. The minimum atomic E-state index is -0.0598. The first kappa shape index (κ1) is 6.37. The van der Waals surface area contributed by atoms with E-state index in [1.54, 1.807) is 12.0 Å². The maximum absolute atomic E-state index is 8.33. The van der Waals surface area contributed by atoms with Gasteiger partial charge < -0.3 is 9.64 Å². The van der Waals surface area contributed by atoms with E-state index in [0.29, 0.717) is 0 Å². The lowest BCUT2D eigenvalue weighted by atomic mass is 9.98. The van der Waals surface area contributed by atoms with Gasteiger partial charge in [0, 0.05) is 7.11 Å². The van der Waals surface area contributed by atoms with Crippen LogP contribution >= 0.6 is 0 Å². The Labute approximate surface area is 54.8 Å². The van der Waals surface area contributed by atoms with Crippen LogP contribution in [0.1, 0.15) is 6.92 Å². The molecule has 0 N–H and O–H groups in total. The SMILES string of the molecule is COC1(C)CN(C#N)C1. The van der Waals surface area contributed by atoms with Crippen LogP contribution in [0.15, 0.2) is 0 Å². The summed E-state index contributed by atoms with van der Waals surface area (Å²) in [7, 11) is 1.68. The van der Waals surface area contributed by atoms with Crippen molar-refractivity contribution in [3.63, 3.8) is 0 Å². The fourth-order valence-corrected chi connectivity index (χ4v) is 0.961. The highest BCUT2D eigenvalue weighted by atomic mass is 16.5. The molecule has 3 heteroatoms. The summed E-state index contributed by atoms with van der Waals surface area (Å²) in [4.78, 5) is 1.67. The molecule has 0 radical (unpaired) electrons. The van der Waals surface area contributed by atoms with Crippen LogP contribution in [0.4, 0.5) is 0 Å². The second-order valence-electron chi connectivity index (χ2n) is 2.61. The van der Waals surface area contributed by atoms with E-state index in [1.165, 1.54) is 0 Å². The molecule has 1 heterocycles. The Hall–Kier alpha value is -0.750. The third kappa shape index (κ3) is 0.984. The molecule has 0 aromatic rings. The number of rotatable bonds is 1. The average molecular weight is 126 g/mol. The van der Waals surface area contributed by atoms with E-state index in [2.05, 4.69) is 0 Å². The van der Waals surface area contributed by atoms with Crippen molar-refractivity contribution in [2.75, 3.05) is 20.2 Å². The third-order valence-corrected chi connectivity index (χ3v) is 1.68. The predicted octanol–water partition coefficient (Wildman–Crippen LogP) is 0.188. The molecule has 0 aromatic carbocycles. The third-order valence-electron chi connectivity index (χ3n) is 1.68. The number of likely N-dealkylation sites (tertiary alicyclic amines) is 1. The highest BCUT2D eigenvalue weighted by Gasteiger charge is 2.38. The molecule has 9 heavy (non-hydrogen) atoms. The van der Waals surface area contributed by atoms with Crippen LogP contribution in [0.25, 0.3) is 0 Å². The first-order valence-electron chi connectivity index (χ1n) is 2.90. The molecule has 1 fully saturated rings. The van der Waals surface area contributed by atoms with Crippen LogP contribution in [-0.4, -0.2) is 30.7 Å². The molecule has 0 spiro atoms. The molecule has 3 nitrogen and oxygen atoms in total. The maximum atomic E-state index is 8.33. The zero-order chi connectivity index (χ0) is 6.91. The van der Waals surface area contributed by atoms with Gasteiger partial charge in [0.1, 0.15) is 5.60 Å². The molecular formula is C6H10N2O. The van der Waals surface area contributed by atoms with E-state index in [1.807, 2.05) is 13.1 Å². The maximum Gasteiger partial charge on any atom is 0.179 e. The summed E-state index contributed by atoms with van der Waals surface area (Å²) >= 11 is 0. The molecular weight excluding hydrogens is 116 g/mol. The number of hydrogen-bond acceptors (Lipinski definition) is 3. The van der Waals surface area contributed by atoms with Gasteiger partial charge in [0.05, 0.1) is 13.1 Å². The lowest BCUT2D eigenvalue weighted by molar-refractivity contribution is -0.0881. The summed E-state index contributed by atoms with van der Waals surface area (Å²) in [6.45, 7) is 3.47. The van der Waals surface area contributed by atoms with Gasteiger partial charge in [-0.2, -0.15) is 5.26 Å². The Bertz CT molecular complexity index is 144. The number of ether oxygens (including phenoxy) is 1. The van der Waals surface area contributed by atoms with Gasteiger partial charge in [0.15, 0.2) is 6.19 Å². The van der Waals surface area contributed by atoms with Crippen LogP contribution in [0.5, 0.6) is 0 Å². The van der Waals surface area contributed by atoms with Gasteiger partial charge in [-0.05, 0) is 6.92 Å². The molecule has 0 unspecified atom stereocenters. The van der Waals surface area contributed by atoms with Crippen molar-refractivity contribution in [1.82, 2.24) is 4.90 Å². The summed E-state index contributed by atoms with van der Waals surface area (Å²) in [5, 5.41) is 8.33. The van der Waals surface area contributed by atoms with Gasteiger partial charge in [-0.15, -0.1) is 0 Å². The number of hydrogen-bond donors (Lipinski definition) is 0. The molecule has 1 aliphatic heterocycles. The van der Waals surface area contributed by atoms with Crippen molar-refractivity contribution in [2.24, 2.45) is 0 Å². The Morgan fingerprint density at radius 1 is 1.67 bits per heavy atom. The molecule has 0 amide bonds. The number of nitriles is 1. The number of methoxy groups -OCH3 is 1. The average Bonchev–Trinajstić information content (AvgIpc) is 1.81. The molecule has 1 saturated heterocycles. The Morgan fingerprint density at radius 3 is 2.56 bits per heavy atom. The first-order chi connectivity index (χ1) is 4.20. The van der Waals surface area contributed by atoms with E-state index in [9.17, 15) is 0 Å². The quantitative estimate of drug-likeness (QED) is 0.470. The Morgan fingerprint density at radius 2 is 2.22 bits per heavy atom. The molecule has 0 bridgehead atoms. The van der Waals surface area contributed by atoms with Gasteiger partial charge in [-0.3, -0.25) is 0 Å². The minimum Gasteiger partial charge on any atom is -0.375 e. The van der Waals surface area contributed by atoms with E-state index in [4.69, 9.17) is 10.00 Å². The molecule has 50 valence electrons. The van der Waals surface area contributed by atoms with Crippen molar-refractivity contribution in [3.8, 4) is 6.19 Å². The van der Waals surface area contributed by atoms with Gasteiger partial charge in [0.25, 0.3) is 0 Å². The van der Waals surface area contributed by atoms with E-state index < -0.39 is 0 Å². The summed E-state index contributed by atoms with van der Waals surface area (Å²) in [6.07, 6.45) is 2.04. The fourth-order valence-electron chi connectivity index (χ4n) is 0.961. The van der Waals surface area contributed by atoms with Gasteiger partial charge in [-0.1, -0.05) is 0 Å². The summed E-state index contributed by atoms with van der Waals surface area (Å²) < 4.78 is 5.11. The van der Waals surface area contributed by atoms with Crippen molar-refractivity contribution in [2.45, 2.75) is 12.5 Å². The molecule has 1 aliphatic rings. The molecule has 0 aliphatic carbocycles. The highest BCUT2D eigenvalue weighted by Crippen LogP contribution is 2.21. The lowest BCUT2D eigenvalue weighted by Gasteiger charge is -2.43. The van der Waals surface area contributed by atoms with Crippen LogP contribution in [-0.2, 0) is 4.74 Å². The van der Waals surface area contributed by atoms with Crippen LogP contribution < -0.4 is 0 Å². The van der Waals surface area contributed by atoms with Crippen molar-refractivity contribution in [3.05, 3.63) is 0 Å². The highest BCUT2D eigenvalue weighted by molar-refractivity contribution is 4.98. The molecule has 0 atom stereocenters. The van der Waals surface area contributed by atoms with Crippen LogP contribution in [0.3, 0.4) is 0 Å². The van der Waals surface area contributed by atoms with Crippen molar-refractivity contribution in [1.29, 1.82) is 5.26 Å². The minimum absolute atomic E-state index is 0.0598. The van der Waals surface area contributed by atoms with Gasteiger partial charge in [-0.25, -0.2) is 0 Å². The van der Waals surface area contributed by atoms with E-state index in [0.717, 1.165) is 13.1 Å². The fraction of sp³-hybridized carbons (Fsp3) is 0.833. The normalized spacial score (nSPS) is 22.6. The van der Waals surface area contributed by atoms with Crippen molar-refractivity contribution < 1.29 is 4.74 Å². The van der Waals surface area contributed by atoms with E-state index >= 15 is 0 Å². The topological polar surface area (TPSA) is 36.3 Å². The predicted molar refractivity (Wildman–Crippen MR) is 32.6 cm³/mol. The molecule has 0 saturated carbocycles. The molecule has 1 rings (SSSR count). The zero-order valence-corrected chi connectivity index (χ0v) is 5.72. The second kappa shape index (κ2) is 1.89. The monoisotopic (exact) mass is 126 g/mol. The second-order valence-corrected chi connectivity index (χ2v) is 2.61. The number of nitrogens with zero attached hydrogens (tertiary/aromatic N) is 2. The van der Waals surface area contributed by atoms with Crippen LogP contribution in [0, 0.1) is 11.5 Å².